The lowest BCUT2D eigenvalue weighted by Crippen LogP contribution is -2.49. The van der Waals surface area contributed by atoms with Gasteiger partial charge in [-0.1, -0.05) is 24.3 Å². The van der Waals surface area contributed by atoms with E-state index in [1.807, 2.05) is 4.90 Å². The van der Waals surface area contributed by atoms with Gasteiger partial charge >= 0.3 is 23.9 Å². The summed E-state index contributed by atoms with van der Waals surface area (Å²) in [5, 5.41) is 51.7. The number of hydrogen-bond acceptors (Lipinski definition) is 20. The Morgan fingerprint density at radius 1 is 0.586 bits per heavy atom. The molecule has 1 fully saturated rings. The summed E-state index contributed by atoms with van der Waals surface area (Å²) in [6, 6.07) is 14.7. The largest absolute Gasteiger partial charge is 0.480 e. The molecule has 6 rings (SSSR count). The van der Waals surface area contributed by atoms with Crippen molar-refractivity contribution < 1.29 is 80.2 Å². The van der Waals surface area contributed by atoms with Crippen LogP contribution in [0, 0.1) is 0 Å². The number of nitrogens with zero attached hydrogens (tertiary/aromatic N) is 7. The highest BCUT2D eigenvalue weighted by atomic mass is 32.2. The van der Waals surface area contributed by atoms with Crippen molar-refractivity contribution >= 4 is 72.6 Å². The molecular weight excluding hydrogens is 1180 g/mol. The van der Waals surface area contributed by atoms with E-state index in [2.05, 4.69) is 40.5 Å². The van der Waals surface area contributed by atoms with Gasteiger partial charge in [-0.05, 0) is 72.9 Å². The normalized spacial score (nSPS) is 14.9. The third-order valence-corrected chi connectivity index (χ3v) is 16.6. The molecule has 0 aliphatic carbocycles. The number of carboxylic acid groups (broad SMARTS) is 4. The molecular formula is C55H77N13O17S2. The van der Waals surface area contributed by atoms with Gasteiger partial charge in [0.15, 0.2) is 5.95 Å². The molecule has 10 N–H and O–H groups in total. The quantitative estimate of drug-likeness (QED) is 0.0230. The van der Waals surface area contributed by atoms with E-state index in [-0.39, 0.29) is 100.0 Å². The fourth-order valence-corrected chi connectivity index (χ4v) is 11.3. The first-order chi connectivity index (χ1) is 41.7. The summed E-state index contributed by atoms with van der Waals surface area (Å²) in [5.74, 6) is -4.82. The summed E-state index contributed by atoms with van der Waals surface area (Å²) in [6.07, 6.45) is 6.64. The van der Waals surface area contributed by atoms with Crippen molar-refractivity contribution in [2.24, 2.45) is 0 Å². The van der Waals surface area contributed by atoms with Crippen LogP contribution >= 0.6 is 0 Å². The molecule has 1 saturated heterocycles. The number of carboxylic acids is 4. The van der Waals surface area contributed by atoms with Gasteiger partial charge in [-0.25, -0.2) is 26.5 Å². The molecule has 1 atom stereocenters. The van der Waals surface area contributed by atoms with Gasteiger partial charge in [0.2, 0.25) is 26.0 Å². The van der Waals surface area contributed by atoms with Crippen molar-refractivity contribution in [2.45, 2.75) is 41.6 Å². The molecule has 87 heavy (non-hydrogen) atoms. The lowest BCUT2D eigenvalue weighted by molar-refractivity contribution is -0.140. The topological polar surface area (TPSA) is 399 Å². The van der Waals surface area contributed by atoms with Crippen molar-refractivity contribution in [3.63, 3.8) is 0 Å². The van der Waals surface area contributed by atoms with Crippen LogP contribution in [0.5, 0.6) is 0 Å². The molecule has 2 amide bonds. The first kappa shape index (κ1) is 68.6. The van der Waals surface area contributed by atoms with Crippen LogP contribution in [-0.2, 0) is 64.8 Å². The number of rotatable bonds is 37. The number of H-pyrrole nitrogens is 1. The van der Waals surface area contributed by atoms with Gasteiger partial charge in [0, 0.05) is 122 Å². The maximum Gasteiger partial charge on any atom is 0.323 e. The molecule has 2 aromatic heterocycles. The lowest BCUT2D eigenvalue weighted by Gasteiger charge is -2.32. The van der Waals surface area contributed by atoms with Gasteiger partial charge in [-0.2, -0.15) is 9.82 Å². The molecule has 5 aromatic rings. The van der Waals surface area contributed by atoms with E-state index in [0.29, 0.717) is 101 Å². The van der Waals surface area contributed by atoms with Gasteiger partial charge in [0.25, 0.3) is 5.91 Å². The Kier molecular flexibility index (Phi) is 27.9. The number of imidazole rings is 1. The summed E-state index contributed by atoms with van der Waals surface area (Å²) < 4.78 is 75.9. The number of benzene rings is 3. The Balaban J connectivity index is 0.809. The summed E-state index contributed by atoms with van der Waals surface area (Å²) in [6.45, 7) is 4.51. The van der Waals surface area contributed by atoms with E-state index >= 15 is 0 Å². The summed E-state index contributed by atoms with van der Waals surface area (Å²) in [5.41, 5.74) is 2.17. The predicted octanol–water partition coefficient (Wildman–Crippen LogP) is -0.210. The highest BCUT2D eigenvalue weighted by Gasteiger charge is 2.27. The zero-order valence-electron chi connectivity index (χ0n) is 48.1. The Bertz CT molecular complexity index is 3200. The van der Waals surface area contributed by atoms with Crippen LogP contribution < -0.4 is 25.4 Å². The molecule has 1 unspecified atom stereocenters. The number of carbonyl (C=O) groups excluding carboxylic acids is 2. The third-order valence-electron chi connectivity index (χ3n) is 13.6. The van der Waals surface area contributed by atoms with Gasteiger partial charge in [-0.3, -0.25) is 53.0 Å². The van der Waals surface area contributed by atoms with Crippen molar-refractivity contribution in [3.8, 4) is 11.1 Å². The summed E-state index contributed by atoms with van der Waals surface area (Å²) >= 11 is 0. The minimum Gasteiger partial charge on any atom is -0.480 e. The van der Waals surface area contributed by atoms with Crippen molar-refractivity contribution in [2.75, 3.05) is 150 Å². The molecule has 0 saturated carbocycles. The van der Waals surface area contributed by atoms with Crippen LogP contribution in [0.25, 0.3) is 22.0 Å². The highest BCUT2D eigenvalue weighted by Crippen LogP contribution is 2.24. The Labute approximate surface area is 503 Å². The number of aryl methyl sites for hydroxylation is 1. The number of sulfonamides is 2. The number of fused-ring (bicyclic) bond motifs is 1. The molecule has 30 nitrogen and oxygen atoms in total. The number of aromatic nitrogens is 4. The summed E-state index contributed by atoms with van der Waals surface area (Å²) in [4.78, 5) is 86.4. The van der Waals surface area contributed by atoms with Crippen molar-refractivity contribution in [1.29, 1.82) is 0 Å². The molecule has 476 valence electrons. The SMILES string of the molecule is O=C(O)CN1CCN(CC(=O)O)CCN(CC(=O)NCCCOCCOCCOCCCNS(=O)(=O)c2ccc(-c3ccc(S(=O)(=O)NC(CNC(=O)c4ccc5c(cnn5CCCNc5ncc[nH]5)c4)C(=O)O)cc3)cc2)CCN(CC(=O)O)CC1. The van der Waals surface area contributed by atoms with E-state index in [9.17, 15) is 66.0 Å². The number of amides is 2. The molecule has 3 aromatic carbocycles. The summed E-state index contributed by atoms with van der Waals surface area (Å²) in [7, 11) is -8.25. The van der Waals surface area contributed by atoms with E-state index in [1.165, 1.54) is 36.4 Å². The van der Waals surface area contributed by atoms with Gasteiger partial charge < -0.3 is 55.6 Å². The maximum absolute atomic E-state index is 13.3. The fourth-order valence-electron chi connectivity index (χ4n) is 9.04. The van der Waals surface area contributed by atoms with E-state index in [4.69, 9.17) is 14.2 Å². The molecule has 32 heteroatoms. The van der Waals surface area contributed by atoms with E-state index < -0.39 is 62.4 Å². The number of hydrogen-bond donors (Lipinski definition) is 10. The molecule has 1 aliphatic rings. The van der Waals surface area contributed by atoms with Gasteiger partial charge in [0.05, 0.1) is 74.1 Å². The average Bonchev–Trinajstić information content (AvgIpc) is 2.36. The Morgan fingerprint density at radius 2 is 1.09 bits per heavy atom. The predicted molar refractivity (Wildman–Crippen MR) is 316 cm³/mol. The number of ether oxygens (including phenoxy) is 3. The number of aromatic amines is 1. The van der Waals surface area contributed by atoms with Crippen LogP contribution in [0.1, 0.15) is 29.6 Å². The van der Waals surface area contributed by atoms with E-state index in [0.717, 1.165) is 11.9 Å². The zero-order chi connectivity index (χ0) is 62.6. The number of carbonyl (C=O) groups is 6. The smallest absolute Gasteiger partial charge is 0.323 e. The average molecular weight is 1260 g/mol. The molecule has 0 spiro atoms. The molecule has 3 heterocycles. The van der Waals surface area contributed by atoms with Crippen LogP contribution in [-0.4, -0.2) is 263 Å². The maximum atomic E-state index is 13.3. The van der Waals surface area contributed by atoms with Crippen molar-refractivity contribution in [1.82, 2.24) is 59.4 Å². The molecule has 0 radical (unpaired) electrons. The monoisotopic (exact) mass is 1260 g/mol. The second-order valence-electron chi connectivity index (χ2n) is 20.2. The first-order valence-electron chi connectivity index (χ1n) is 28.2. The second-order valence-corrected chi connectivity index (χ2v) is 23.7. The lowest BCUT2D eigenvalue weighted by atomic mass is 10.1. The van der Waals surface area contributed by atoms with Crippen LogP contribution in [0.3, 0.4) is 0 Å². The third kappa shape index (κ3) is 24.3. The number of aliphatic carboxylic acids is 4. The highest BCUT2D eigenvalue weighted by molar-refractivity contribution is 7.89. The second kappa shape index (κ2) is 35.3. The van der Waals surface area contributed by atoms with Crippen molar-refractivity contribution in [3.05, 3.63) is 90.9 Å². The minimum absolute atomic E-state index is 0.00818. The van der Waals surface area contributed by atoms with Crippen LogP contribution in [0.2, 0.25) is 0 Å². The minimum atomic E-state index is -4.38. The first-order valence-corrected chi connectivity index (χ1v) is 31.2. The Hall–Kier alpha value is -7.50. The van der Waals surface area contributed by atoms with Crippen LogP contribution in [0.15, 0.2) is 95.1 Å². The van der Waals surface area contributed by atoms with Gasteiger partial charge in [0.1, 0.15) is 6.04 Å². The van der Waals surface area contributed by atoms with Gasteiger partial charge in [-0.15, -0.1) is 0 Å². The number of nitrogens with one attached hydrogen (secondary N) is 6. The molecule has 1 aliphatic heterocycles. The van der Waals surface area contributed by atoms with Crippen LogP contribution in [0.4, 0.5) is 5.95 Å². The van der Waals surface area contributed by atoms with E-state index in [1.54, 1.807) is 68.3 Å². The number of anilines is 1. The fraction of sp³-hybridized carbons (Fsp3) is 0.491. The zero-order valence-corrected chi connectivity index (χ0v) is 49.7. The molecule has 0 bridgehead atoms. The standard InChI is InChI=1S/C55H77N13O17S2/c69-49(37-64-20-22-65(38-50(70)71)24-26-67(40-52(74)75)27-25-66(23-21-64)39-51(72)73)56-15-2-28-83-30-32-85-33-31-84-29-3-16-62-86(79,80)45-9-4-41(5-10-45)42-6-11-46(12-7-42)87(81,82)63-47(54(77)78)36-60-53(76)43-8-13-48-44(34-43)35-61-68(48)19-1-14-57-55-58-17-18-59-55/h4-13,17-18,34-35,47,62-63H,1-3,14-16,19-33,36-40H2,(H,56,69)(H,60,76)(H,70,71)(H,72,73)(H,74,75)(H,77,78)(H2,57,58,59). The Morgan fingerprint density at radius 3 is 1.60 bits per heavy atom.